The molecule has 2 amide bonds. The first-order chi connectivity index (χ1) is 14.3. The van der Waals surface area contributed by atoms with Gasteiger partial charge in [0, 0.05) is 31.7 Å². The number of thiophene rings is 1. The van der Waals surface area contributed by atoms with Gasteiger partial charge in [-0.05, 0) is 41.8 Å². The molecule has 10 heteroatoms. The lowest BCUT2D eigenvalue weighted by atomic mass is 10.0. The average molecular weight is 507 g/mol. The summed E-state index contributed by atoms with van der Waals surface area (Å²) in [6.07, 6.45) is 0. The number of nitro benzene ring substituents is 1. The van der Waals surface area contributed by atoms with E-state index < -0.39 is 22.8 Å². The predicted octanol–water partition coefficient (Wildman–Crippen LogP) is 5.26. The van der Waals surface area contributed by atoms with Gasteiger partial charge in [-0.2, -0.15) is 0 Å². The Morgan fingerprint density at radius 3 is 2.77 bits per heavy atom. The molecule has 2 heterocycles. The molecule has 0 spiro atoms. The highest BCUT2D eigenvalue weighted by molar-refractivity contribution is 9.10. The Hall–Kier alpha value is -2.75. The van der Waals surface area contributed by atoms with E-state index >= 15 is 0 Å². The number of hydrogen-bond acceptors (Lipinski definition) is 5. The first-order valence-electron chi connectivity index (χ1n) is 8.73. The van der Waals surface area contributed by atoms with Crippen molar-refractivity contribution in [2.24, 2.45) is 0 Å². The standard InChI is InChI=1S/C20H13BrClN3O4S/c21-11-3-5-15-13(8-11)19(17-2-1-7-30-17)24(10-18(26)23-15)20(27)14-9-12(22)4-6-16(14)25(28)29/h1-9,19H,10H2,(H,23,26). The first-order valence-corrected chi connectivity index (χ1v) is 10.8. The number of anilines is 1. The zero-order valence-corrected chi connectivity index (χ0v) is 18.3. The van der Waals surface area contributed by atoms with E-state index in [0.717, 1.165) is 9.35 Å². The van der Waals surface area contributed by atoms with E-state index in [1.54, 1.807) is 12.1 Å². The highest BCUT2D eigenvalue weighted by Crippen LogP contribution is 2.40. The number of nitrogens with zero attached hydrogens (tertiary/aromatic N) is 2. The second-order valence-electron chi connectivity index (χ2n) is 6.55. The molecular formula is C20H13BrClN3O4S. The number of carbonyl (C=O) groups is 2. The molecule has 30 heavy (non-hydrogen) atoms. The van der Waals surface area contributed by atoms with E-state index in [-0.39, 0.29) is 22.8 Å². The molecule has 1 aliphatic heterocycles. The van der Waals surface area contributed by atoms with Gasteiger partial charge in [0.05, 0.1) is 11.0 Å². The molecule has 4 rings (SSSR count). The molecule has 0 saturated heterocycles. The van der Waals surface area contributed by atoms with Crippen molar-refractivity contribution >= 4 is 62.1 Å². The third-order valence-corrected chi connectivity index (χ3v) is 6.32. The highest BCUT2D eigenvalue weighted by atomic mass is 79.9. The maximum Gasteiger partial charge on any atom is 0.282 e. The van der Waals surface area contributed by atoms with E-state index in [1.165, 1.54) is 34.4 Å². The van der Waals surface area contributed by atoms with Crippen LogP contribution in [0.3, 0.4) is 0 Å². The lowest BCUT2D eigenvalue weighted by molar-refractivity contribution is -0.385. The molecule has 1 aliphatic rings. The molecule has 1 N–H and O–H groups in total. The maximum atomic E-state index is 13.6. The second-order valence-corrected chi connectivity index (χ2v) is 8.88. The van der Waals surface area contributed by atoms with Crippen LogP contribution in [0.2, 0.25) is 5.02 Å². The molecule has 7 nitrogen and oxygen atoms in total. The summed E-state index contributed by atoms with van der Waals surface area (Å²) in [5, 5.41) is 16.4. The summed E-state index contributed by atoms with van der Waals surface area (Å²) in [5.74, 6) is -1.04. The molecule has 2 aromatic carbocycles. The molecule has 0 fully saturated rings. The second kappa shape index (κ2) is 8.17. The fourth-order valence-corrected chi connectivity index (χ4v) is 4.82. The molecule has 0 bridgehead atoms. The van der Waals surface area contributed by atoms with Gasteiger partial charge in [0.2, 0.25) is 5.91 Å². The van der Waals surface area contributed by atoms with Crippen molar-refractivity contribution in [3.63, 3.8) is 0 Å². The van der Waals surface area contributed by atoms with Crippen LogP contribution >= 0.6 is 38.9 Å². The predicted molar refractivity (Wildman–Crippen MR) is 118 cm³/mol. The monoisotopic (exact) mass is 505 g/mol. The Morgan fingerprint density at radius 2 is 2.07 bits per heavy atom. The van der Waals surface area contributed by atoms with Crippen molar-refractivity contribution in [1.29, 1.82) is 0 Å². The topological polar surface area (TPSA) is 92.5 Å². The van der Waals surface area contributed by atoms with Crippen LogP contribution in [0.15, 0.2) is 58.4 Å². The molecule has 3 aromatic rings. The number of nitrogens with one attached hydrogen (secondary N) is 1. The van der Waals surface area contributed by atoms with Crippen LogP contribution < -0.4 is 5.32 Å². The van der Waals surface area contributed by atoms with Crippen LogP contribution in [0, 0.1) is 10.1 Å². The number of hydrogen-bond donors (Lipinski definition) is 1. The van der Waals surface area contributed by atoms with Gasteiger partial charge in [-0.15, -0.1) is 11.3 Å². The number of halogens is 2. The van der Waals surface area contributed by atoms with E-state index in [2.05, 4.69) is 21.2 Å². The summed E-state index contributed by atoms with van der Waals surface area (Å²) in [7, 11) is 0. The van der Waals surface area contributed by atoms with Crippen LogP contribution in [0.4, 0.5) is 11.4 Å². The number of carbonyl (C=O) groups excluding carboxylic acids is 2. The molecule has 1 unspecified atom stereocenters. The average Bonchev–Trinajstić information content (AvgIpc) is 3.18. The number of benzene rings is 2. The van der Waals surface area contributed by atoms with Crippen molar-refractivity contribution in [2.75, 3.05) is 11.9 Å². The lowest BCUT2D eigenvalue weighted by Gasteiger charge is -2.29. The minimum atomic E-state index is -0.648. The smallest absolute Gasteiger partial charge is 0.282 e. The van der Waals surface area contributed by atoms with Crippen LogP contribution in [0.1, 0.15) is 26.8 Å². The SMILES string of the molecule is O=C1CN(C(=O)c2cc(Cl)ccc2[N+](=O)[O-])C(c2cccs2)c2cc(Br)ccc2N1. The van der Waals surface area contributed by atoms with Crippen molar-refractivity contribution < 1.29 is 14.5 Å². The summed E-state index contributed by atoms with van der Waals surface area (Å²) >= 11 is 10.9. The molecule has 152 valence electrons. The third kappa shape index (κ3) is 3.83. The van der Waals surface area contributed by atoms with E-state index in [1.807, 2.05) is 23.6 Å². The van der Waals surface area contributed by atoms with Gasteiger partial charge in [0.15, 0.2) is 0 Å². The number of amides is 2. The van der Waals surface area contributed by atoms with Gasteiger partial charge >= 0.3 is 0 Å². The molecule has 0 radical (unpaired) electrons. The largest absolute Gasteiger partial charge is 0.324 e. The zero-order chi connectivity index (χ0) is 21.4. The maximum absolute atomic E-state index is 13.6. The fourth-order valence-electron chi connectivity index (χ4n) is 3.41. The molecule has 0 saturated carbocycles. The zero-order valence-electron chi connectivity index (χ0n) is 15.2. The summed E-state index contributed by atoms with van der Waals surface area (Å²) in [5.41, 5.74) is 0.752. The molecule has 0 aliphatic carbocycles. The van der Waals surface area contributed by atoms with Gasteiger partial charge in [-0.25, -0.2) is 0 Å². The van der Waals surface area contributed by atoms with E-state index in [0.29, 0.717) is 11.3 Å². The van der Waals surface area contributed by atoms with Crippen LogP contribution in [-0.2, 0) is 4.79 Å². The Balaban J connectivity index is 1.91. The Bertz CT molecular complexity index is 1170. The van der Waals surface area contributed by atoms with E-state index in [9.17, 15) is 19.7 Å². The van der Waals surface area contributed by atoms with Gasteiger partial charge in [0.25, 0.3) is 11.6 Å². The summed E-state index contributed by atoms with van der Waals surface area (Å²) in [4.78, 5) is 39.2. The van der Waals surface area contributed by atoms with E-state index in [4.69, 9.17) is 11.6 Å². The van der Waals surface area contributed by atoms with Crippen LogP contribution in [0.5, 0.6) is 0 Å². The Morgan fingerprint density at radius 1 is 1.27 bits per heavy atom. The Labute approximate surface area is 188 Å². The van der Waals surface area contributed by atoms with Gasteiger partial charge in [0.1, 0.15) is 12.1 Å². The van der Waals surface area contributed by atoms with Crippen LogP contribution in [-0.4, -0.2) is 28.2 Å². The van der Waals surface area contributed by atoms with Crippen molar-refractivity contribution in [2.45, 2.75) is 6.04 Å². The third-order valence-electron chi connectivity index (χ3n) is 4.67. The van der Waals surface area contributed by atoms with Crippen molar-refractivity contribution in [3.05, 3.63) is 89.5 Å². The normalized spacial score (nSPS) is 15.9. The van der Waals surface area contributed by atoms with Crippen molar-refractivity contribution in [1.82, 2.24) is 4.90 Å². The minimum absolute atomic E-state index is 0.166. The number of fused-ring (bicyclic) bond motifs is 1. The number of rotatable bonds is 3. The van der Waals surface area contributed by atoms with Crippen molar-refractivity contribution in [3.8, 4) is 0 Å². The summed E-state index contributed by atoms with van der Waals surface area (Å²) < 4.78 is 0.778. The highest BCUT2D eigenvalue weighted by Gasteiger charge is 2.37. The lowest BCUT2D eigenvalue weighted by Crippen LogP contribution is -2.39. The molecule has 1 aromatic heterocycles. The van der Waals surface area contributed by atoms with Crippen LogP contribution in [0.25, 0.3) is 0 Å². The number of nitro groups is 1. The van der Waals surface area contributed by atoms with Gasteiger partial charge in [-0.1, -0.05) is 33.6 Å². The minimum Gasteiger partial charge on any atom is -0.324 e. The van der Waals surface area contributed by atoms with Gasteiger partial charge in [-0.3, -0.25) is 19.7 Å². The Kier molecular flexibility index (Phi) is 5.59. The quantitative estimate of drug-likeness (QED) is 0.387. The first kappa shape index (κ1) is 20.5. The fraction of sp³-hybridized carbons (Fsp3) is 0.100. The van der Waals surface area contributed by atoms with Gasteiger partial charge < -0.3 is 10.2 Å². The molecular weight excluding hydrogens is 494 g/mol. The summed E-state index contributed by atoms with van der Waals surface area (Å²) in [6, 6.07) is 12.3. The summed E-state index contributed by atoms with van der Waals surface area (Å²) in [6.45, 7) is -0.267. The molecule has 1 atom stereocenters.